The van der Waals surface area contributed by atoms with Crippen molar-refractivity contribution in [2.75, 3.05) is 0 Å². The van der Waals surface area contributed by atoms with Gasteiger partial charge in [0.1, 0.15) is 0 Å². The zero-order valence-electron chi connectivity index (χ0n) is 11.2. The van der Waals surface area contributed by atoms with Gasteiger partial charge in [-0.15, -0.1) is 0 Å². The lowest BCUT2D eigenvalue weighted by atomic mass is 9.87. The molecule has 0 bridgehead atoms. The van der Waals surface area contributed by atoms with Crippen molar-refractivity contribution < 1.29 is 0 Å². The molecule has 17 heavy (non-hydrogen) atoms. The largest absolute Gasteiger partial charge is 0.388 e. The average molecular weight is 230 g/mol. The molecule has 2 heteroatoms. The fourth-order valence-corrected chi connectivity index (χ4v) is 1.89. The van der Waals surface area contributed by atoms with E-state index < -0.39 is 0 Å². The highest BCUT2D eigenvalue weighted by Crippen LogP contribution is 2.25. The fourth-order valence-electron chi connectivity index (χ4n) is 1.89. The van der Waals surface area contributed by atoms with E-state index in [2.05, 4.69) is 49.7 Å². The van der Waals surface area contributed by atoms with Crippen molar-refractivity contribution in [3.8, 4) is 0 Å². The minimum Gasteiger partial charge on any atom is -0.388 e. The van der Waals surface area contributed by atoms with Crippen molar-refractivity contribution in [2.24, 2.45) is 10.7 Å². The Kier molecular flexibility index (Phi) is 4.11. The topological polar surface area (TPSA) is 38.4 Å². The minimum atomic E-state index is -0.313. The van der Waals surface area contributed by atoms with E-state index >= 15 is 0 Å². The van der Waals surface area contributed by atoms with Crippen molar-refractivity contribution in [3.05, 3.63) is 47.5 Å². The van der Waals surface area contributed by atoms with Crippen molar-refractivity contribution >= 4 is 5.84 Å². The highest BCUT2D eigenvalue weighted by molar-refractivity contribution is 5.78. The van der Waals surface area contributed by atoms with Crippen molar-refractivity contribution in [3.63, 3.8) is 0 Å². The monoisotopic (exact) mass is 230 g/mol. The summed E-state index contributed by atoms with van der Waals surface area (Å²) in [5.41, 5.74) is 8.96. The molecule has 0 aromatic heterocycles. The van der Waals surface area contributed by atoms with Gasteiger partial charge in [-0.1, -0.05) is 42.0 Å². The summed E-state index contributed by atoms with van der Waals surface area (Å²) in [4.78, 5) is 4.53. The summed E-state index contributed by atoms with van der Waals surface area (Å²) in [6, 6.07) is 8.47. The van der Waals surface area contributed by atoms with E-state index in [0.717, 1.165) is 12.0 Å². The second kappa shape index (κ2) is 5.17. The molecule has 2 N–H and O–H groups in total. The Bertz CT molecular complexity index is 442. The van der Waals surface area contributed by atoms with Crippen LogP contribution in [0.5, 0.6) is 0 Å². The lowest BCUT2D eigenvalue weighted by molar-refractivity contribution is 0.550. The average Bonchev–Trinajstić information content (AvgIpc) is 2.15. The summed E-state index contributed by atoms with van der Waals surface area (Å²) in [5.74, 6) is 0.600. The van der Waals surface area contributed by atoms with Crippen molar-refractivity contribution in [1.82, 2.24) is 0 Å². The number of rotatable bonds is 4. The van der Waals surface area contributed by atoms with Crippen LogP contribution in [0.15, 0.2) is 41.4 Å². The van der Waals surface area contributed by atoms with Crippen LogP contribution in [-0.2, 0) is 6.42 Å². The molecule has 1 aromatic carbocycles. The summed E-state index contributed by atoms with van der Waals surface area (Å²) in [5, 5.41) is 0. The van der Waals surface area contributed by atoms with E-state index in [1.807, 2.05) is 13.8 Å². The molecule has 1 atom stereocenters. The van der Waals surface area contributed by atoms with Crippen molar-refractivity contribution in [1.29, 1.82) is 0 Å². The lowest BCUT2D eigenvalue weighted by Gasteiger charge is -2.26. The predicted molar refractivity (Wildman–Crippen MR) is 75.4 cm³/mol. The van der Waals surface area contributed by atoms with Crippen LogP contribution in [0.2, 0.25) is 0 Å². The Labute approximate surface area is 104 Å². The maximum atomic E-state index is 5.71. The third-order valence-corrected chi connectivity index (χ3v) is 2.97. The van der Waals surface area contributed by atoms with Crippen LogP contribution in [-0.4, -0.2) is 11.4 Å². The molecule has 1 aromatic rings. The van der Waals surface area contributed by atoms with Crippen LogP contribution in [0.4, 0.5) is 0 Å². The first-order valence-electron chi connectivity index (χ1n) is 5.87. The van der Waals surface area contributed by atoms with Crippen molar-refractivity contribution in [2.45, 2.75) is 39.7 Å². The Hall–Kier alpha value is -1.57. The first-order valence-corrected chi connectivity index (χ1v) is 5.87. The molecule has 1 rings (SSSR count). The molecule has 0 aliphatic heterocycles. The third kappa shape index (κ3) is 3.74. The molecule has 2 nitrogen and oxygen atoms in total. The molecule has 0 aliphatic carbocycles. The summed E-state index contributed by atoms with van der Waals surface area (Å²) in [6.07, 6.45) is 0.832. The Morgan fingerprint density at radius 3 is 2.53 bits per heavy atom. The van der Waals surface area contributed by atoms with Gasteiger partial charge in [0.2, 0.25) is 0 Å². The lowest BCUT2D eigenvalue weighted by Crippen LogP contribution is -2.29. The number of aryl methyl sites for hydroxylation is 1. The predicted octanol–water partition coefficient (Wildman–Crippen LogP) is 3.25. The first kappa shape index (κ1) is 13.5. The van der Waals surface area contributed by atoms with E-state index in [0.29, 0.717) is 5.84 Å². The normalized spacial score (nSPS) is 15.4. The van der Waals surface area contributed by atoms with E-state index in [4.69, 9.17) is 5.73 Å². The van der Waals surface area contributed by atoms with Gasteiger partial charge in [-0.25, -0.2) is 0 Å². The van der Waals surface area contributed by atoms with Gasteiger partial charge in [-0.05, 0) is 33.3 Å². The highest BCUT2D eigenvalue weighted by Gasteiger charge is 2.24. The zero-order chi connectivity index (χ0) is 13.1. The number of aliphatic imine (C=N–C) groups is 1. The van der Waals surface area contributed by atoms with E-state index in [1.165, 1.54) is 11.1 Å². The third-order valence-electron chi connectivity index (χ3n) is 2.97. The van der Waals surface area contributed by atoms with Gasteiger partial charge in [0.05, 0.1) is 11.4 Å². The molecule has 0 heterocycles. The molecule has 92 valence electrons. The number of nitrogens with two attached hydrogens (primary N) is 1. The smallest absolute Gasteiger partial charge is 0.0916 e. The first-order chi connectivity index (χ1) is 7.83. The molecule has 0 radical (unpaired) electrons. The maximum Gasteiger partial charge on any atom is 0.0916 e. The minimum absolute atomic E-state index is 0.313. The van der Waals surface area contributed by atoms with Gasteiger partial charge in [0.25, 0.3) is 0 Å². The standard InChI is InChI=1S/C15H22N2/c1-11(2)15(5,17-13(4)16)10-14-8-6-7-12(3)9-14/h6-9H,1,10H2,2-5H3,(H2,16,17). The SMILES string of the molecule is C=C(C)C(C)(Cc1cccc(C)c1)N=C(C)N. The van der Waals surface area contributed by atoms with Gasteiger partial charge in [-0.3, -0.25) is 4.99 Å². The summed E-state index contributed by atoms with van der Waals surface area (Å²) in [6.45, 7) is 12.0. The molecule has 0 saturated carbocycles. The number of benzene rings is 1. The van der Waals surface area contributed by atoms with Crippen LogP contribution in [0, 0.1) is 6.92 Å². The van der Waals surface area contributed by atoms with Crippen LogP contribution in [0.25, 0.3) is 0 Å². The summed E-state index contributed by atoms with van der Waals surface area (Å²) >= 11 is 0. The second-order valence-electron chi connectivity index (χ2n) is 4.97. The van der Waals surface area contributed by atoms with E-state index in [1.54, 1.807) is 0 Å². The molecule has 0 aliphatic rings. The second-order valence-corrected chi connectivity index (χ2v) is 4.97. The fraction of sp³-hybridized carbons (Fsp3) is 0.400. The maximum absolute atomic E-state index is 5.71. The number of amidine groups is 1. The molecule has 0 spiro atoms. The number of hydrogen-bond donors (Lipinski definition) is 1. The Balaban J connectivity index is 3.03. The molecular weight excluding hydrogens is 208 g/mol. The van der Waals surface area contributed by atoms with E-state index in [-0.39, 0.29) is 5.54 Å². The Morgan fingerprint density at radius 2 is 2.06 bits per heavy atom. The van der Waals surface area contributed by atoms with Gasteiger partial charge < -0.3 is 5.73 Å². The summed E-state index contributed by atoms with van der Waals surface area (Å²) < 4.78 is 0. The molecule has 0 fully saturated rings. The van der Waals surface area contributed by atoms with Gasteiger partial charge in [-0.2, -0.15) is 0 Å². The molecule has 0 amide bonds. The zero-order valence-corrected chi connectivity index (χ0v) is 11.2. The van der Waals surface area contributed by atoms with Crippen LogP contribution < -0.4 is 5.73 Å². The Morgan fingerprint density at radius 1 is 1.41 bits per heavy atom. The quantitative estimate of drug-likeness (QED) is 0.481. The number of nitrogens with zero attached hydrogens (tertiary/aromatic N) is 1. The summed E-state index contributed by atoms with van der Waals surface area (Å²) in [7, 11) is 0. The molecule has 1 unspecified atom stereocenters. The molecule has 0 saturated heterocycles. The van der Waals surface area contributed by atoms with Crippen LogP contribution >= 0.6 is 0 Å². The van der Waals surface area contributed by atoms with Gasteiger partial charge >= 0.3 is 0 Å². The van der Waals surface area contributed by atoms with Gasteiger partial charge in [0.15, 0.2) is 0 Å². The van der Waals surface area contributed by atoms with Crippen LogP contribution in [0.1, 0.15) is 31.9 Å². The van der Waals surface area contributed by atoms with Crippen LogP contribution in [0.3, 0.4) is 0 Å². The molecular formula is C15H22N2. The van der Waals surface area contributed by atoms with Gasteiger partial charge in [0, 0.05) is 6.42 Å². The van der Waals surface area contributed by atoms with E-state index in [9.17, 15) is 0 Å². The number of hydrogen-bond acceptors (Lipinski definition) is 1. The highest BCUT2D eigenvalue weighted by atomic mass is 14.9.